The lowest BCUT2D eigenvalue weighted by atomic mass is 9.96. The molecule has 0 aliphatic carbocycles. The highest BCUT2D eigenvalue weighted by Crippen LogP contribution is 2.35. The number of nitrogens with one attached hydrogen (secondary N) is 1. The van der Waals surface area contributed by atoms with Crippen LogP contribution in [-0.2, 0) is 9.53 Å². The molecule has 1 atom stereocenters. The predicted octanol–water partition coefficient (Wildman–Crippen LogP) is 4.23. The number of anilines is 2. The molecule has 0 aromatic heterocycles. The Morgan fingerprint density at radius 3 is 2.47 bits per heavy atom. The van der Waals surface area contributed by atoms with Crippen LogP contribution in [-0.4, -0.2) is 55.2 Å². The standard InChI is InChI=1S/C26H31N3O5/c1-4-33-25(31)20-6-8-21(9-7-20)27-24(30)19-11-13-28(14-12-19)26(32)29-16-18(3)34-23-10-5-17(2)15-22(23)29/h5-10,15,18-19H,4,11-14,16H2,1-3H3,(H,27,30)/t18-/m1/s1. The molecule has 34 heavy (non-hydrogen) atoms. The van der Waals surface area contributed by atoms with Crippen LogP contribution < -0.4 is 15.0 Å². The molecule has 180 valence electrons. The van der Waals surface area contributed by atoms with E-state index in [1.165, 1.54) is 0 Å². The third-order valence-electron chi connectivity index (χ3n) is 6.20. The van der Waals surface area contributed by atoms with Crippen molar-refractivity contribution in [3.63, 3.8) is 0 Å². The van der Waals surface area contributed by atoms with E-state index in [1.807, 2.05) is 36.9 Å². The first-order valence-electron chi connectivity index (χ1n) is 11.8. The summed E-state index contributed by atoms with van der Waals surface area (Å²) in [4.78, 5) is 41.5. The Balaban J connectivity index is 1.33. The van der Waals surface area contributed by atoms with Crippen molar-refractivity contribution in [2.24, 2.45) is 5.92 Å². The predicted molar refractivity (Wildman–Crippen MR) is 129 cm³/mol. The molecule has 0 saturated carbocycles. The van der Waals surface area contributed by atoms with Crippen LogP contribution in [0.4, 0.5) is 16.2 Å². The van der Waals surface area contributed by atoms with Crippen LogP contribution in [0.15, 0.2) is 42.5 Å². The van der Waals surface area contributed by atoms with Gasteiger partial charge < -0.3 is 19.7 Å². The number of piperidine rings is 1. The highest BCUT2D eigenvalue weighted by molar-refractivity contribution is 5.96. The number of aryl methyl sites for hydroxylation is 1. The lowest BCUT2D eigenvalue weighted by Crippen LogP contribution is -2.51. The van der Waals surface area contributed by atoms with Crippen molar-refractivity contribution in [2.45, 2.75) is 39.7 Å². The maximum Gasteiger partial charge on any atom is 0.338 e. The zero-order chi connectivity index (χ0) is 24.2. The summed E-state index contributed by atoms with van der Waals surface area (Å²) in [6, 6.07) is 12.5. The van der Waals surface area contributed by atoms with E-state index in [2.05, 4.69) is 5.32 Å². The maximum atomic E-state index is 13.3. The van der Waals surface area contributed by atoms with E-state index < -0.39 is 0 Å². The Kier molecular flexibility index (Phi) is 7.05. The summed E-state index contributed by atoms with van der Waals surface area (Å²) in [5, 5.41) is 2.92. The Bertz CT molecular complexity index is 1060. The molecule has 2 aliphatic heterocycles. The maximum absolute atomic E-state index is 13.3. The number of fused-ring (bicyclic) bond motifs is 1. The summed E-state index contributed by atoms with van der Waals surface area (Å²) in [6.45, 7) is 7.56. The van der Waals surface area contributed by atoms with Crippen LogP contribution >= 0.6 is 0 Å². The molecule has 0 spiro atoms. The SMILES string of the molecule is CCOC(=O)c1ccc(NC(=O)C2CCN(C(=O)N3C[C@@H](C)Oc4ccc(C)cc43)CC2)cc1. The van der Waals surface area contributed by atoms with E-state index in [0.29, 0.717) is 50.3 Å². The molecule has 2 aliphatic rings. The second-order valence-corrected chi connectivity index (χ2v) is 8.84. The van der Waals surface area contributed by atoms with E-state index >= 15 is 0 Å². The first-order valence-corrected chi connectivity index (χ1v) is 11.8. The number of carbonyl (C=O) groups excluding carboxylic acids is 3. The molecular formula is C26H31N3O5. The summed E-state index contributed by atoms with van der Waals surface area (Å²) in [6.07, 6.45) is 1.11. The molecule has 1 fully saturated rings. The van der Waals surface area contributed by atoms with E-state index in [1.54, 1.807) is 36.1 Å². The summed E-state index contributed by atoms with van der Waals surface area (Å²) in [7, 11) is 0. The van der Waals surface area contributed by atoms with Gasteiger partial charge in [0.2, 0.25) is 5.91 Å². The zero-order valence-electron chi connectivity index (χ0n) is 19.9. The Morgan fingerprint density at radius 2 is 1.79 bits per heavy atom. The van der Waals surface area contributed by atoms with Crippen LogP contribution in [0.5, 0.6) is 5.75 Å². The van der Waals surface area contributed by atoms with Crippen molar-refractivity contribution >= 4 is 29.3 Å². The van der Waals surface area contributed by atoms with Gasteiger partial charge in [-0.25, -0.2) is 9.59 Å². The summed E-state index contributed by atoms with van der Waals surface area (Å²) >= 11 is 0. The molecule has 2 aromatic rings. The minimum atomic E-state index is -0.384. The lowest BCUT2D eigenvalue weighted by Gasteiger charge is -2.39. The first kappa shape index (κ1) is 23.6. The Hall–Kier alpha value is -3.55. The number of rotatable bonds is 4. The second kappa shape index (κ2) is 10.2. The summed E-state index contributed by atoms with van der Waals surface area (Å²) in [5.74, 6) is 0.0923. The van der Waals surface area contributed by atoms with Crippen LogP contribution in [0, 0.1) is 12.8 Å². The second-order valence-electron chi connectivity index (χ2n) is 8.84. The molecule has 0 unspecified atom stereocenters. The largest absolute Gasteiger partial charge is 0.487 e. The van der Waals surface area contributed by atoms with E-state index in [0.717, 1.165) is 17.0 Å². The van der Waals surface area contributed by atoms with Crippen LogP contribution in [0.2, 0.25) is 0 Å². The van der Waals surface area contributed by atoms with Gasteiger partial charge >= 0.3 is 12.0 Å². The van der Waals surface area contributed by atoms with Gasteiger partial charge in [0, 0.05) is 24.7 Å². The Morgan fingerprint density at radius 1 is 1.09 bits per heavy atom. The van der Waals surface area contributed by atoms with Crippen molar-refractivity contribution < 1.29 is 23.9 Å². The number of hydrogen-bond acceptors (Lipinski definition) is 5. The molecule has 3 amide bonds. The number of hydrogen-bond donors (Lipinski definition) is 1. The average molecular weight is 466 g/mol. The van der Waals surface area contributed by atoms with Gasteiger partial charge in [0.25, 0.3) is 0 Å². The molecule has 2 aromatic carbocycles. The molecule has 0 bridgehead atoms. The van der Waals surface area contributed by atoms with Gasteiger partial charge in [0.15, 0.2) is 0 Å². The normalized spacial score (nSPS) is 18.0. The smallest absolute Gasteiger partial charge is 0.338 e. The molecule has 8 heteroatoms. The number of nitrogens with zero attached hydrogens (tertiary/aromatic N) is 2. The summed E-state index contributed by atoms with van der Waals surface area (Å²) in [5.41, 5.74) is 2.95. The van der Waals surface area contributed by atoms with E-state index in [9.17, 15) is 14.4 Å². The third kappa shape index (κ3) is 5.16. The van der Waals surface area contributed by atoms with Crippen LogP contribution in [0.1, 0.15) is 42.6 Å². The zero-order valence-corrected chi connectivity index (χ0v) is 19.9. The van der Waals surface area contributed by atoms with Gasteiger partial charge in [-0.3, -0.25) is 9.69 Å². The Labute approximate surface area is 199 Å². The van der Waals surface area contributed by atoms with Crippen molar-refractivity contribution in [1.29, 1.82) is 0 Å². The molecule has 4 rings (SSSR count). The molecule has 2 heterocycles. The lowest BCUT2D eigenvalue weighted by molar-refractivity contribution is -0.121. The third-order valence-corrected chi connectivity index (χ3v) is 6.20. The quantitative estimate of drug-likeness (QED) is 0.683. The molecule has 1 saturated heterocycles. The van der Waals surface area contributed by atoms with Crippen molar-refractivity contribution in [3.8, 4) is 5.75 Å². The number of carbonyl (C=O) groups is 3. The van der Waals surface area contributed by atoms with Gasteiger partial charge in [-0.15, -0.1) is 0 Å². The molecule has 0 radical (unpaired) electrons. The minimum absolute atomic E-state index is 0.0459. The van der Waals surface area contributed by atoms with Crippen LogP contribution in [0.3, 0.4) is 0 Å². The van der Waals surface area contributed by atoms with Gasteiger partial charge in [0.05, 0.1) is 24.4 Å². The van der Waals surface area contributed by atoms with Crippen molar-refractivity contribution in [1.82, 2.24) is 4.90 Å². The van der Waals surface area contributed by atoms with Crippen molar-refractivity contribution in [3.05, 3.63) is 53.6 Å². The van der Waals surface area contributed by atoms with Gasteiger partial charge in [-0.1, -0.05) is 6.07 Å². The van der Waals surface area contributed by atoms with Gasteiger partial charge in [-0.05, 0) is 75.6 Å². The van der Waals surface area contributed by atoms with E-state index in [-0.39, 0.29) is 29.9 Å². The fourth-order valence-corrected chi connectivity index (χ4v) is 4.38. The number of amides is 3. The summed E-state index contributed by atoms with van der Waals surface area (Å²) < 4.78 is 10.9. The van der Waals surface area contributed by atoms with Crippen molar-refractivity contribution in [2.75, 3.05) is 36.5 Å². The number of ether oxygens (including phenoxy) is 2. The number of esters is 1. The number of likely N-dealkylation sites (tertiary alicyclic amines) is 1. The fourth-order valence-electron chi connectivity index (χ4n) is 4.38. The van der Waals surface area contributed by atoms with Gasteiger partial charge in [0.1, 0.15) is 11.9 Å². The van der Waals surface area contributed by atoms with E-state index in [4.69, 9.17) is 9.47 Å². The fraction of sp³-hybridized carbons (Fsp3) is 0.423. The topological polar surface area (TPSA) is 88.2 Å². The monoisotopic (exact) mass is 465 g/mol. The number of urea groups is 1. The number of benzene rings is 2. The molecular weight excluding hydrogens is 434 g/mol. The minimum Gasteiger partial charge on any atom is -0.487 e. The highest BCUT2D eigenvalue weighted by atomic mass is 16.5. The molecule has 1 N–H and O–H groups in total. The van der Waals surface area contributed by atoms with Crippen LogP contribution in [0.25, 0.3) is 0 Å². The average Bonchev–Trinajstić information content (AvgIpc) is 2.84. The first-order chi connectivity index (χ1) is 16.4. The van der Waals surface area contributed by atoms with Gasteiger partial charge in [-0.2, -0.15) is 0 Å². The highest BCUT2D eigenvalue weighted by Gasteiger charge is 2.34. The molecule has 8 nitrogen and oxygen atoms in total.